The molecule has 1 aromatic heterocycles. The van der Waals surface area contributed by atoms with E-state index in [0.717, 1.165) is 0 Å². The van der Waals surface area contributed by atoms with E-state index in [-0.39, 0.29) is 10.6 Å². The highest BCUT2D eigenvalue weighted by atomic mass is 32.2. The minimum atomic E-state index is -4.01. The number of carbonyl (C=O) groups is 1. The van der Waals surface area contributed by atoms with Crippen LogP contribution in [-0.2, 0) is 21.9 Å². The Bertz CT molecular complexity index is 895. The highest BCUT2D eigenvalue weighted by Gasteiger charge is 2.25. The molecule has 1 atom stereocenters. The Morgan fingerprint density at radius 1 is 1.32 bits per heavy atom. The molecule has 25 heavy (non-hydrogen) atoms. The van der Waals surface area contributed by atoms with Gasteiger partial charge in [0.15, 0.2) is 17.7 Å². The fourth-order valence-electron chi connectivity index (χ4n) is 2.20. The fourth-order valence-corrected chi connectivity index (χ4v) is 3.49. The summed E-state index contributed by atoms with van der Waals surface area (Å²) in [6.07, 6.45) is -1.12. The Morgan fingerprint density at radius 2 is 1.96 bits per heavy atom. The van der Waals surface area contributed by atoms with Crippen LogP contribution in [-0.4, -0.2) is 30.2 Å². The number of para-hydroxylation sites is 1. The molecule has 2 rings (SSSR count). The van der Waals surface area contributed by atoms with E-state index in [1.54, 1.807) is 27.0 Å². The van der Waals surface area contributed by atoms with Crippen molar-refractivity contribution in [1.29, 1.82) is 0 Å². The summed E-state index contributed by atoms with van der Waals surface area (Å²) in [5.74, 6) is -1.50. The molecule has 1 aromatic carbocycles. The second-order valence-electron chi connectivity index (χ2n) is 5.41. The monoisotopic (exact) mass is 370 g/mol. The molecule has 0 fully saturated rings. The van der Waals surface area contributed by atoms with Gasteiger partial charge in [0.1, 0.15) is 4.90 Å². The molecule has 0 saturated heterocycles. The Hall–Kier alpha value is -2.46. The summed E-state index contributed by atoms with van der Waals surface area (Å²) in [5, 5.41) is 4.02. The zero-order valence-corrected chi connectivity index (χ0v) is 15.0. The minimum absolute atomic E-state index is 0.0158. The van der Waals surface area contributed by atoms with Crippen molar-refractivity contribution < 1.29 is 22.3 Å². The fraction of sp³-hybridized carbons (Fsp3) is 0.333. The lowest BCUT2D eigenvalue weighted by Crippen LogP contribution is -2.47. The predicted octanol–water partition coefficient (Wildman–Crippen LogP) is 0.953. The molecule has 1 amide bonds. The van der Waals surface area contributed by atoms with E-state index in [9.17, 15) is 17.6 Å². The van der Waals surface area contributed by atoms with Gasteiger partial charge in [-0.15, -0.1) is 4.83 Å². The lowest BCUT2D eigenvalue weighted by atomic mass is 10.3. The third-order valence-electron chi connectivity index (χ3n) is 3.53. The van der Waals surface area contributed by atoms with Crippen LogP contribution in [0.2, 0.25) is 0 Å². The number of hydrogen-bond donors (Lipinski definition) is 2. The van der Waals surface area contributed by atoms with Crippen LogP contribution in [0, 0.1) is 19.7 Å². The molecule has 136 valence electrons. The molecule has 0 bridgehead atoms. The Labute approximate surface area is 145 Å². The maximum atomic E-state index is 13.5. The number of hydrogen-bond acceptors (Lipinski definition) is 5. The molecule has 0 radical (unpaired) electrons. The predicted molar refractivity (Wildman–Crippen MR) is 87.6 cm³/mol. The topological polar surface area (TPSA) is 102 Å². The number of nitrogens with one attached hydrogen (secondary N) is 2. The van der Waals surface area contributed by atoms with Gasteiger partial charge in [-0.25, -0.2) is 12.8 Å². The first-order chi connectivity index (χ1) is 11.6. The van der Waals surface area contributed by atoms with Gasteiger partial charge in [0.25, 0.3) is 15.9 Å². The molecule has 0 aliphatic heterocycles. The number of amides is 1. The molecular weight excluding hydrogens is 351 g/mol. The molecule has 10 heteroatoms. The molecule has 0 unspecified atom stereocenters. The quantitative estimate of drug-likeness (QED) is 0.737. The number of sulfonamides is 1. The van der Waals surface area contributed by atoms with Gasteiger partial charge < -0.3 is 4.74 Å². The number of rotatable bonds is 6. The van der Waals surface area contributed by atoms with E-state index < -0.39 is 27.9 Å². The van der Waals surface area contributed by atoms with Gasteiger partial charge in [-0.1, -0.05) is 12.1 Å². The van der Waals surface area contributed by atoms with E-state index >= 15 is 0 Å². The Morgan fingerprint density at radius 3 is 2.52 bits per heavy atom. The van der Waals surface area contributed by atoms with Crippen LogP contribution >= 0.6 is 0 Å². The number of carbonyl (C=O) groups excluding carboxylic acids is 1. The van der Waals surface area contributed by atoms with Crippen molar-refractivity contribution in [3.8, 4) is 5.75 Å². The molecule has 0 saturated carbocycles. The summed E-state index contributed by atoms with van der Waals surface area (Å²) in [4.78, 5) is 14.0. The lowest BCUT2D eigenvalue weighted by Gasteiger charge is -2.15. The SMILES string of the molecule is Cc1nn(C)c(C)c1S(=O)(=O)NNC(=O)[C@@H](C)Oc1ccccc1F. The maximum absolute atomic E-state index is 13.5. The van der Waals surface area contributed by atoms with Crippen molar-refractivity contribution >= 4 is 15.9 Å². The summed E-state index contributed by atoms with van der Waals surface area (Å²) < 4.78 is 44.8. The van der Waals surface area contributed by atoms with Crippen LogP contribution in [0.1, 0.15) is 18.3 Å². The van der Waals surface area contributed by atoms with Crippen molar-refractivity contribution in [3.63, 3.8) is 0 Å². The number of nitrogens with zero attached hydrogens (tertiary/aromatic N) is 2. The number of benzene rings is 1. The number of ether oxygens (including phenoxy) is 1. The van der Waals surface area contributed by atoms with Crippen molar-refractivity contribution in [2.45, 2.75) is 31.8 Å². The Balaban J connectivity index is 2.05. The van der Waals surface area contributed by atoms with Gasteiger partial charge in [-0.05, 0) is 32.9 Å². The summed E-state index contributed by atoms with van der Waals surface area (Å²) in [6, 6.07) is 5.60. The highest BCUT2D eigenvalue weighted by molar-refractivity contribution is 7.89. The molecule has 1 heterocycles. The molecule has 2 aromatic rings. The maximum Gasteiger partial charge on any atom is 0.275 e. The normalized spacial score (nSPS) is 12.7. The van der Waals surface area contributed by atoms with E-state index in [1.165, 1.54) is 29.8 Å². The summed E-state index contributed by atoms with van der Waals surface area (Å²) in [6.45, 7) is 4.52. The standard InChI is InChI=1S/C15H19FN4O4S/c1-9-14(10(2)20(4)18-9)25(22,23)19-17-15(21)11(3)24-13-8-6-5-7-12(13)16/h5-8,11,19H,1-4H3,(H,17,21)/t11-/m1/s1. The van der Waals surface area contributed by atoms with Crippen molar-refractivity contribution in [2.24, 2.45) is 7.05 Å². The van der Waals surface area contributed by atoms with E-state index in [0.29, 0.717) is 11.4 Å². The Kier molecular flexibility index (Phi) is 5.43. The highest BCUT2D eigenvalue weighted by Crippen LogP contribution is 2.18. The lowest BCUT2D eigenvalue weighted by molar-refractivity contribution is -0.127. The summed E-state index contributed by atoms with van der Waals surface area (Å²) in [5.41, 5.74) is 2.79. The van der Waals surface area contributed by atoms with E-state index in [2.05, 4.69) is 10.5 Å². The zero-order chi connectivity index (χ0) is 18.8. The molecular formula is C15H19FN4O4S. The van der Waals surface area contributed by atoms with Crippen molar-refractivity contribution in [2.75, 3.05) is 0 Å². The first-order valence-electron chi connectivity index (χ1n) is 7.36. The van der Waals surface area contributed by atoms with Gasteiger partial charge in [0.05, 0.1) is 11.4 Å². The average Bonchev–Trinajstić information content (AvgIpc) is 2.80. The summed E-state index contributed by atoms with van der Waals surface area (Å²) >= 11 is 0. The summed E-state index contributed by atoms with van der Waals surface area (Å²) in [7, 11) is -2.39. The van der Waals surface area contributed by atoms with Crippen molar-refractivity contribution in [1.82, 2.24) is 20.0 Å². The van der Waals surface area contributed by atoms with Crippen molar-refractivity contribution in [3.05, 3.63) is 41.5 Å². The van der Waals surface area contributed by atoms with Crippen LogP contribution in [0.4, 0.5) is 4.39 Å². The first kappa shape index (κ1) is 18.9. The molecule has 0 spiro atoms. The third kappa shape index (κ3) is 4.15. The van der Waals surface area contributed by atoms with Crippen LogP contribution in [0.25, 0.3) is 0 Å². The minimum Gasteiger partial charge on any atom is -0.478 e. The van der Waals surface area contributed by atoms with Gasteiger partial charge in [-0.2, -0.15) is 5.10 Å². The van der Waals surface area contributed by atoms with E-state index in [1.807, 2.05) is 4.83 Å². The van der Waals surface area contributed by atoms with Gasteiger partial charge >= 0.3 is 0 Å². The molecule has 0 aliphatic rings. The second kappa shape index (κ2) is 7.19. The molecule has 2 N–H and O–H groups in total. The second-order valence-corrected chi connectivity index (χ2v) is 7.03. The number of hydrazine groups is 1. The van der Waals surface area contributed by atoms with Crippen LogP contribution in [0.15, 0.2) is 29.2 Å². The largest absolute Gasteiger partial charge is 0.478 e. The number of halogens is 1. The van der Waals surface area contributed by atoms with Gasteiger partial charge in [0.2, 0.25) is 0 Å². The molecule has 0 aliphatic carbocycles. The van der Waals surface area contributed by atoms with E-state index in [4.69, 9.17) is 4.74 Å². The number of aryl methyl sites for hydroxylation is 2. The zero-order valence-electron chi connectivity index (χ0n) is 14.2. The average molecular weight is 370 g/mol. The van der Waals surface area contributed by atoms with Gasteiger partial charge in [0, 0.05) is 7.05 Å². The van der Waals surface area contributed by atoms with Crippen LogP contribution in [0.5, 0.6) is 5.75 Å². The smallest absolute Gasteiger partial charge is 0.275 e. The first-order valence-corrected chi connectivity index (χ1v) is 8.85. The van der Waals surface area contributed by atoms with Crippen LogP contribution < -0.4 is 15.0 Å². The van der Waals surface area contributed by atoms with Gasteiger partial charge in [-0.3, -0.25) is 14.9 Å². The molecule has 8 nitrogen and oxygen atoms in total. The number of aromatic nitrogens is 2. The van der Waals surface area contributed by atoms with Crippen LogP contribution in [0.3, 0.4) is 0 Å². The third-order valence-corrected chi connectivity index (χ3v) is 5.03.